The quantitative estimate of drug-likeness (QED) is 0.408. The van der Waals surface area contributed by atoms with Gasteiger partial charge < -0.3 is 8.83 Å². The van der Waals surface area contributed by atoms with Gasteiger partial charge >= 0.3 is 12.0 Å². The molecule has 1 aliphatic rings. The van der Waals surface area contributed by atoms with E-state index in [0.29, 0.717) is 11.8 Å². The monoisotopic (exact) mass is 471 g/mol. The number of hydrazine groups is 2. The predicted octanol–water partition coefficient (Wildman–Crippen LogP) is 5.60. The van der Waals surface area contributed by atoms with Gasteiger partial charge in [-0.15, -0.1) is 15.7 Å². The molecule has 5 rings (SSSR count). The molecule has 0 aliphatic carbocycles. The normalized spacial score (nSPS) is 14.2. The molecular formula is C26H29N7O2. The highest BCUT2D eigenvalue weighted by atomic mass is 16.4. The molecule has 0 atom stereocenters. The fourth-order valence-electron chi connectivity index (χ4n) is 3.61. The Hall–Kier alpha value is -3.98. The number of rotatable bonds is 4. The fraction of sp³-hybridized carbons (Fsp3) is 0.308. The van der Waals surface area contributed by atoms with E-state index in [1.807, 2.05) is 24.3 Å². The first kappa shape index (κ1) is 22.8. The van der Waals surface area contributed by atoms with Crippen LogP contribution in [0.2, 0.25) is 0 Å². The van der Waals surface area contributed by atoms with E-state index < -0.39 is 0 Å². The largest absolute Gasteiger partial charge is 0.402 e. The van der Waals surface area contributed by atoms with E-state index in [-0.39, 0.29) is 22.9 Å². The zero-order valence-corrected chi connectivity index (χ0v) is 20.8. The maximum Gasteiger partial charge on any atom is 0.339 e. The van der Waals surface area contributed by atoms with Crippen LogP contribution in [0.1, 0.15) is 52.7 Å². The highest BCUT2D eigenvalue weighted by Crippen LogP contribution is 2.29. The lowest BCUT2D eigenvalue weighted by Crippen LogP contribution is -2.39. The highest BCUT2D eigenvalue weighted by Gasteiger charge is 2.24. The summed E-state index contributed by atoms with van der Waals surface area (Å²) in [6.45, 7) is 13.1. The Morgan fingerprint density at radius 1 is 0.571 bits per heavy atom. The van der Waals surface area contributed by atoms with E-state index in [9.17, 15) is 0 Å². The van der Waals surface area contributed by atoms with Crippen LogP contribution in [0.5, 0.6) is 0 Å². The van der Waals surface area contributed by atoms with Crippen LogP contribution in [-0.2, 0) is 10.8 Å². The molecule has 0 unspecified atom stereocenters. The first-order valence-electron chi connectivity index (χ1n) is 11.5. The van der Waals surface area contributed by atoms with Gasteiger partial charge in [0.1, 0.15) is 0 Å². The van der Waals surface area contributed by atoms with Crippen molar-refractivity contribution >= 4 is 12.0 Å². The first-order valence-corrected chi connectivity index (χ1v) is 11.5. The standard InChI is InChI=1S/C26H29N7O2/c1-25(2,3)19-11-7-17(8-12-19)21-27-29-23(34-21)32-15-16-33(31-32)24-30-28-22(35-24)18-9-13-20(14-10-18)26(4,5)6/h7-16,31H,1-6H3. The van der Waals surface area contributed by atoms with E-state index in [4.69, 9.17) is 8.83 Å². The maximum atomic E-state index is 5.87. The minimum absolute atomic E-state index is 0.0801. The lowest BCUT2D eigenvalue weighted by molar-refractivity contribution is 0.516. The Morgan fingerprint density at radius 2 is 0.943 bits per heavy atom. The van der Waals surface area contributed by atoms with Gasteiger partial charge in [-0.2, -0.15) is 0 Å². The van der Waals surface area contributed by atoms with Gasteiger partial charge in [-0.3, -0.25) is 0 Å². The zero-order chi connectivity index (χ0) is 24.8. The van der Waals surface area contributed by atoms with Crippen molar-refractivity contribution in [2.24, 2.45) is 0 Å². The molecule has 9 heteroatoms. The molecule has 0 fully saturated rings. The molecule has 0 bridgehead atoms. The third kappa shape index (κ3) is 4.67. The summed E-state index contributed by atoms with van der Waals surface area (Å²) in [6.07, 6.45) is 3.48. The highest BCUT2D eigenvalue weighted by molar-refractivity contribution is 5.56. The van der Waals surface area contributed by atoms with Crippen molar-refractivity contribution in [1.82, 2.24) is 25.9 Å². The van der Waals surface area contributed by atoms with Gasteiger partial charge in [0.2, 0.25) is 11.8 Å². The minimum atomic E-state index is 0.0801. The number of aromatic nitrogens is 4. The number of nitrogens with one attached hydrogen (secondary N) is 1. The predicted molar refractivity (Wildman–Crippen MR) is 134 cm³/mol. The van der Waals surface area contributed by atoms with Crippen LogP contribution < -0.4 is 15.6 Å². The molecule has 1 N–H and O–H groups in total. The Morgan fingerprint density at radius 3 is 1.29 bits per heavy atom. The second-order valence-electron chi connectivity index (χ2n) is 10.6. The zero-order valence-electron chi connectivity index (χ0n) is 20.8. The van der Waals surface area contributed by atoms with Crippen LogP contribution >= 0.6 is 0 Å². The third-order valence-corrected chi connectivity index (χ3v) is 5.82. The molecule has 35 heavy (non-hydrogen) atoms. The summed E-state index contributed by atoms with van der Waals surface area (Å²) in [5.41, 5.74) is 7.43. The molecule has 4 aromatic rings. The summed E-state index contributed by atoms with van der Waals surface area (Å²) in [5, 5.41) is 19.9. The Kier molecular flexibility index (Phi) is 5.44. The van der Waals surface area contributed by atoms with E-state index in [0.717, 1.165) is 11.1 Å². The van der Waals surface area contributed by atoms with Crippen molar-refractivity contribution in [1.29, 1.82) is 0 Å². The van der Waals surface area contributed by atoms with Gasteiger partial charge in [0.05, 0.1) is 0 Å². The van der Waals surface area contributed by atoms with E-state index >= 15 is 0 Å². The summed E-state index contributed by atoms with van der Waals surface area (Å²) in [7, 11) is 0. The fourth-order valence-corrected chi connectivity index (χ4v) is 3.61. The van der Waals surface area contributed by atoms with Crippen LogP contribution in [-0.4, -0.2) is 20.4 Å². The molecule has 3 heterocycles. The summed E-state index contributed by atoms with van der Waals surface area (Å²) in [5.74, 6) is 0.876. The molecule has 0 saturated carbocycles. The van der Waals surface area contributed by atoms with Gasteiger partial charge in [-0.05, 0) is 46.2 Å². The lowest BCUT2D eigenvalue weighted by Gasteiger charge is -2.18. The summed E-state index contributed by atoms with van der Waals surface area (Å²) in [4.78, 5) is 0. The number of hydrogen-bond donors (Lipinski definition) is 1. The van der Waals surface area contributed by atoms with Gasteiger partial charge in [-0.1, -0.05) is 76.0 Å². The number of benzene rings is 2. The van der Waals surface area contributed by atoms with E-state index in [1.165, 1.54) is 11.1 Å². The van der Waals surface area contributed by atoms with Crippen molar-refractivity contribution in [2.45, 2.75) is 52.4 Å². The lowest BCUT2D eigenvalue weighted by atomic mass is 9.87. The van der Waals surface area contributed by atoms with Crippen LogP contribution in [0.3, 0.4) is 0 Å². The topological polar surface area (TPSA) is 96.4 Å². The second-order valence-corrected chi connectivity index (χ2v) is 10.6. The van der Waals surface area contributed by atoms with E-state index in [2.05, 4.69) is 91.7 Å². The molecule has 2 aromatic heterocycles. The molecule has 1 aliphatic heterocycles. The van der Waals surface area contributed by atoms with Crippen LogP contribution in [0.25, 0.3) is 22.9 Å². The molecule has 9 nitrogen and oxygen atoms in total. The van der Waals surface area contributed by atoms with Crippen molar-refractivity contribution in [2.75, 3.05) is 10.0 Å². The summed E-state index contributed by atoms with van der Waals surface area (Å²) >= 11 is 0. The number of hydrogen-bond acceptors (Lipinski definition) is 9. The van der Waals surface area contributed by atoms with Gasteiger partial charge in [-0.25, -0.2) is 10.0 Å². The van der Waals surface area contributed by atoms with Gasteiger partial charge in [0.25, 0.3) is 0 Å². The van der Waals surface area contributed by atoms with Crippen molar-refractivity contribution < 1.29 is 8.83 Å². The smallest absolute Gasteiger partial charge is 0.339 e. The van der Waals surface area contributed by atoms with Crippen LogP contribution in [0.4, 0.5) is 12.0 Å². The molecule has 2 aromatic carbocycles. The van der Waals surface area contributed by atoms with Crippen molar-refractivity contribution in [3.05, 3.63) is 72.1 Å². The van der Waals surface area contributed by atoms with Crippen molar-refractivity contribution in [3.8, 4) is 22.9 Å². The van der Waals surface area contributed by atoms with Crippen LogP contribution in [0, 0.1) is 0 Å². The van der Waals surface area contributed by atoms with Crippen molar-refractivity contribution in [3.63, 3.8) is 0 Å². The molecule has 0 radical (unpaired) electrons. The number of nitrogens with zero attached hydrogens (tertiary/aromatic N) is 6. The summed E-state index contributed by atoms with van der Waals surface area (Å²) < 4.78 is 11.7. The average molecular weight is 472 g/mol. The molecular weight excluding hydrogens is 442 g/mol. The second kappa shape index (κ2) is 8.35. The average Bonchev–Trinajstić information content (AvgIpc) is 3.58. The van der Waals surface area contributed by atoms with Crippen LogP contribution in [0.15, 0.2) is 69.8 Å². The van der Waals surface area contributed by atoms with Gasteiger partial charge in [0.15, 0.2) is 0 Å². The third-order valence-electron chi connectivity index (χ3n) is 5.82. The molecule has 0 amide bonds. The number of anilines is 2. The first-order chi connectivity index (χ1) is 16.6. The van der Waals surface area contributed by atoms with E-state index in [1.54, 1.807) is 22.4 Å². The molecule has 0 saturated heterocycles. The SMILES string of the molecule is CC(C)(C)c1ccc(-c2nnc(N3C=CN(c4nnc(-c5ccc(C(C)(C)C)cc5)o4)N3)o2)cc1. The maximum absolute atomic E-state index is 5.87. The summed E-state index contributed by atoms with van der Waals surface area (Å²) in [6, 6.07) is 16.9. The Bertz CT molecular complexity index is 1240. The Labute approximate surface area is 204 Å². The molecule has 180 valence electrons. The van der Waals surface area contributed by atoms with Gasteiger partial charge in [0, 0.05) is 23.5 Å². The Balaban J connectivity index is 1.26. The minimum Gasteiger partial charge on any atom is -0.402 e. The molecule has 0 spiro atoms.